The van der Waals surface area contributed by atoms with Crippen molar-refractivity contribution in [1.29, 1.82) is 0 Å². The quantitative estimate of drug-likeness (QED) is 0.651. The molecule has 25 heavy (non-hydrogen) atoms. The molecule has 3 rings (SSSR count). The average Bonchev–Trinajstić information content (AvgIpc) is 2.83. The summed E-state index contributed by atoms with van der Waals surface area (Å²) in [6.45, 7) is 5.86. The van der Waals surface area contributed by atoms with Crippen molar-refractivity contribution in [3.63, 3.8) is 0 Å². The van der Waals surface area contributed by atoms with Crippen molar-refractivity contribution in [3.05, 3.63) is 57.0 Å². The first-order valence-electron chi connectivity index (χ1n) is 8.04. The molecule has 0 aliphatic heterocycles. The topological polar surface area (TPSA) is 106 Å². The van der Waals surface area contributed by atoms with Crippen LogP contribution in [0.2, 0.25) is 0 Å². The number of fused-ring (bicyclic) bond motifs is 1. The highest BCUT2D eigenvalue weighted by Gasteiger charge is 2.37. The van der Waals surface area contributed by atoms with Gasteiger partial charge in [-0.3, -0.25) is 14.9 Å². The van der Waals surface area contributed by atoms with Crippen LogP contribution in [0.25, 0.3) is 0 Å². The second kappa shape index (κ2) is 6.00. The summed E-state index contributed by atoms with van der Waals surface area (Å²) in [5, 5.41) is 23.7. The van der Waals surface area contributed by atoms with Gasteiger partial charge in [0.1, 0.15) is 5.76 Å². The Kier molecular flexibility index (Phi) is 4.12. The maximum absolute atomic E-state index is 12.5. The van der Waals surface area contributed by atoms with Crippen LogP contribution in [0.3, 0.4) is 0 Å². The van der Waals surface area contributed by atoms with Gasteiger partial charge < -0.3 is 14.8 Å². The van der Waals surface area contributed by atoms with Crippen LogP contribution < -0.4 is 5.32 Å². The van der Waals surface area contributed by atoms with E-state index in [1.165, 1.54) is 24.3 Å². The standard InChI is InChI=1S/C18H20N2O5/c1-10-15-13(21)8-18(2,3)9-14(15)25-16(10)17(22)19-11-4-6-12(7-5-11)20(23)24/h4-7,13,21H,8-9H2,1-3H3,(H,19,22). The Hall–Kier alpha value is -2.67. The van der Waals surface area contributed by atoms with Crippen molar-refractivity contribution < 1.29 is 19.2 Å². The van der Waals surface area contributed by atoms with Crippen molar-refractivity contribution in [3.8, 4) is 0 Å². The summed E-state index contributed by atoms with van der Waals surface area (Å²) in [7, 11) is 0. The number of nitro groups is 1. The van der Waals surface area contributed by atoms with Gasteiger partial charge in [0.2, 0.25) is 0 Å². The molecule has 0 bridgehead atoms. The number of carbonyl (C=O) groups is 1. The normalized spacial score (nSPS) is 18.5. The summed E-state index contributed by atoms with van der Waals surface area (Å²) in [6.07, 6.45) is 0.623. The largest absolute Gasteiger partial charge is 0.455 e. The first-order chi connectivity index (χ1) is 11.7. The highest BCUT2D eigenvalue weighted by molar-refractivity contribution is 6.03. The van der Waals surface area contributed by atoms with Crippen LogP contribution in [0, 0.1) is 22.5 Å². The molecule has 1 amide bonds. The molecule has 0 spiro atoms. The van der Waals surface area contributed by atoms with Gasteiger partial charge in [-0.05, 0) is 30.9 Å². The molecule has 0 saturated heterocycles. The van der Waals surface area contributed by atoms with Crippen LogP contribution >= 0.6 is 0 Å². The zero-order chi connectivity index (χ0) is 18.4. The number of hydrogen-bond acceptors (Lipinski definition) is 5. The Labute approximate surface area is 144 Å². The lowest BCUT2D eigenvalue weighted by atomic mass is 9.75. The number of aliphatic hydroxyl groups excluding tert-OH is 1. The lowest BCUT2D eigenvalue weighted by molar-refractivity contribution is -0.384. The summed E-state index contributed by atoms with van der Waals surface area (Å²) in [5.41, 5.74) is 1.63. The van der Waals surface area contributed by atoms with Gasteiger partial charge in [0, 0.05) is 35.4 Å². The molecule has 0 saturated carbocycles. The fourth-order valence-corrected chi connectivity index (χ4v) is 3.36. The maximum Gasteiger partial charge on any atom is 0.291 e. The summed E-state index contributed by atoms with van der Waals surface area (Å²) < 4.78 is 5.76. The van der Waals surface area contributed by atoms with Crippen LogP contribution in [-0.2, 0) is 6.42 Å². The SMILES string of the molecule is Cc1c(C(=O)Nc2ccc([N+](=O)[O-])cc2)oc2c1C(O)CC(C)(C)C2. The smallest absolute Gasteiger partial charge is 0.291 e. The molecule has 1 atom stereocenters. The molecule has 7 heteroatoms. The Morgan fingerprint density at radius 2 is 2.00 bits per heavy atom. The molecule has 7 nitrogen and oxygen atoms in total. The van der Waals surface area contributed by atoms with E-state index >= 15 is 0 Å². The van der Waals surface area contributed by atoms with E-state index in [9.17, 15) is 20.0 Å². The Morgan fingerprint density at radius 1 is 1.36 bits per heavy atom. The number of nitrogens with one attached hydrogen (secondary N) is 1. The number of anilines is 1. The Balaban J connectivity index is 1.85. The van der Waals surface area contributed by atoms with E-state index in [0.29, 0.717) is 35.4 Å². The highest BCUT2D eigenvalue weighted by atomic mass is 16.6. The van der Waals surface area contributed by atoms with Gasteiger partial charge in [-0.2, -0.15) is 0 Å². The average molecular weight is 344 g/mol. The molecular weight excluding hydrogens is 324 g/mol. The zero-order valence-corrected chi connectivity index (χ0v) is 14.3. The molecular formula is C18H20N2O5. The molecule has 1 aliphatic carbocycles. The number of furan rings is 1. The van der Waals surface area contributed by atoms with E-state index in [2.05, 4.69) is 5.32 Å². The third-order valence-corrected chi connectivity index (χ3v) is 4.53. The third kappa shape index (κ3) is 3.28. The van der Waals surface area contributed by atoms with E-state index in [0.717, 1.165) is 0 Å². The van der Waals surface area contributed by atoms with Gasteiger partial charge in [0.15, 0.2) is 5.76 Å². The van der Waals surface area contributed by atoms with Crippen LogP contribution in [0.1, 0.15) is 53.8 Å². The van der Waals surface area contributed by atoms with E-state index in [1.54, 1.807) is 6.92 Å². The van der Waals surface area contributed by atoms with E-state index in [4.69, 9.17) is 4.42 Å². The van der Waals surface area contributed by atoms with Gasteiger partial charge in [0.25, 0.3) is 11.6 Å². The molecule has 1 heterocycles. The van der Waals surface area contributed by atoms with Gasteiger partial charge in [-0.15, -0.1) is 0 Å². The molecule has 2 N–H and O–H groups in total. The van der Waals surface area contributed by atoms with Gasteiger partial charge >= 0.3 is 0 Å². The van der Waals surface area contributed by atoms with Crippen LogP contribution in [-0.4, -0.2) is 15.9 Å². The first-order valence-corrected chi connectivity index (χ1v) is 8.04. The van der Waals surface area contributed by atoms with Crippen LogP contribution in [0.4, 0.5) is 11.4 Å². The fourth-order valence-electron chi connectivity index (χ4n) is 3.36. The Morgan fingerprint density at radius 3 is 2.60 bits per heavy atom. The first kappa shape index (κ1) is 17.2. The number of benzene rings is 1. The molecule has 0 radical (unpaired) electrons. The van der Waals surface area contributed by atoms with Crippen LogP contribution in [0.5, 0.6) is 0 Å². The summed E-state index contributed by atoms with van der Waals surface area (Å²) >= 11 is 0. The van der Waals surface area contributed by atoms with Gasteiger partial charge in [0.05, 0.1) is 11.0 Å². The molecule has 2 aromatic rings. The summed E-state index contributed by atoms with van der Waals surface area (Å²) in [4.78, 5) is 22.7. The summed E-state index contributed by atoms with van der Waals surface area (Å²) in [6, 6.07) is 5.57. The molecule has 0 fully saturated rings. The van der Waals surface area contributed by atoms with Crippen LogP contribution in [0.15, 0.2) is 28.7 Å². The zero-order valence-electron chi connectivity index (χ0n) is 14.3. The third-order valence-electron chi connectivity index (χ3n) is 4.53. The summed E-state index contributed by atoms with van der Waals surface area (Å²) in [5.74, 6) is 0.376. The molecule has 132 valence electrons. The van der Waals surface area contributed by atoms with Crippen molar-refractivity contribution >= 4 is 17.3 Å². The minimum Gasteiger partial charge on any atom is -0.455 e. The lowest BCUT2D eigenvalue weighted by Crippen LogP contribution is -2.24. The number of non-ortho nitro benzene ring substituents is 1. The van der Waals surface area contributed by atoms with Crippen molar-refractivity contribution in [2.24, 2.45) is 5.41 Å². The van der Waals surface area contributed by atoms with Crippen molar-refractivity contribution in [2.75, 3.05) is 5.32 Å². The van der Waals surface area contributed by atoms with E-state index < -0.39 is 16.9 Å². The minimum absolute atomic E-state index is 0.0482. The predicted octanol–water partition coefficient (Wildman–Crippen LogP) is 3.75. The van der Waals surface area contributed by atoms with E-state index in [-0.39, 0.29) is 16.9 Å². The number of rotatable bonds is 3. The molecule has 1 unspecified atom stereocenters. The second-order valence-corrected chi connectivity index (χ2v) is 7.21. The number of carbonyl (C=O) groups excluding carboxylic acids is 1. The second-order valence-electron chi connectivity index (χ2n) is 7.21. The maximum atomic E-state index is 12.5. The monoisotopic (exact) mass is 344 g/mol. The Bertz CT molecular complexity index is 836. The van der Waals surface area contributed by atoms with E-state index in [1.807, 2.05) is 13.8 Å². The lowest BCUT2D eigenvalue weighted by Gasteiger charge is -2.31. The molecule has 1 aromatic heterocycles. The molecule has 1 aromatic carbocycles. The number of aliphatic hydroxyl groups is 1. The number of hydrogen-bond donors (Lipinski definition) is 2. The highest BCUT2D eigenvalue weighted by Crippen LogP contribution is 2.44. The molecule has 1 aliphatic rings. The van der Waals surface area contributed by atoms with Gasteiger partial charge in [-0.1, -0.05) is 13.8 Å². The predicted molar refractivity (Wildman–Crippen MR) is 91.6 cm³/mol. The van der Waals surface area contributed by atoms with Crippen molar-refractivity contribution in [2.45, 2.75) is 39.7 Å². The fraction of sp³-hybridized carbons (Fsp3) is 0.389. The minimum atomic E-state index is -0.650. The van der Waals surface area contributed by atoms with Gasteiger partial charge in [-0.25, -0.2) is 0 Å². The number of nitro benzene ring substituents is 1. The van der Waals surface area contributed by atoms with Crippen molar-refractivity contribution in [1.82, 2.24) is 0 Å². The number of nitrogens with zero attached hydrogens (tertiary/aromatic N) is 1. The number of amides is 1.